The zero-order valence-corrected chi connectivity index (χ0v) is 31.7. The molecule has 0 unspecified atom stereocenters. The number of hydrogen-bond donors (Lipinski definition) is 0. The minimum atomic E-state index is -0.0424. The molecule has 0 aromatic heterocycles. The molecule has 0 saturated heterocycles. The van der Waals surface area contributed by atoms with Crippen molar-refractivity contribution in [2.24, 2.45) is 0 Å². The first-order valence-corrected chi connectivity index (χ1v) is 19.5. The molecule has 1 heteroatoms. The summed E-state index contributed by atoms with van der Waals surface area (Å²) in [5, 5.41) is 2.51. The van der Waals surface area contributed by atoms with Crippen molar-refractivity contribution in [2.45, 2.75) is 19.3 Å². The van der Waals surface area contributed by atoms with E-state index in [4.69, 9.17) is 0 Å². The molecule has 1 aliphatic carbocycles. The van der Waals surface area contributed by atoms with Gasteiger partial charge in [-0.05, 0) is 114 Å². The second-order valence-corrected chi connectivity index (χ2v) is 15.4. The first-order chi connectivity index (χ1) is 27.5. The van der Waals surface area contributed by atoms with Gasteiger partial charge in [0, 0.05) is 22.4 Å². The van der Waals surface area contributed by atoms with Crippen molar-refractivity contribution in [3.05, 3.63) is 223 Å². The molecule has 10 rings (SSSR count). The average molecular weight is 716 g/mol. The smallest absolute Gasteiger partial charge is 0.0540 e. The Bertz CT molecular complexity index is 2860. The summed E-state index contributed by atoms with van der Waals surface area (Å²) in [6.45, 7) is 4.70. The summed E-state index contributed by atoms with van der Waals surface area (Å²) in [5.41, 5.74) is 18.4. The molecule has 9 aromatic carbocycles. The second-order valence-electron chi connectivity index (χ2n) is 15.4. The van der Waals surface area contributed by atoms with Gasteiger partial charge in [0.1, 0.15) is 0 Å². The third-order valence-corrected chi connectivity index (χ3v) is 11.7. The van der Waals surface area contributed by atoms with Crippen LogP contribution in [0.25, 0.3) is 66.4 Å². The number of para-hydroxylation sites is 1. The Kier molecular flexibility index (Phi) is 8.23. The molecular weight excluding hydrogens is 675 g/mol. The predicted molar refractivity (Wildman–Crippen MR) is 238 cm³/mol. The van der Waals surface area contributed by atoms with Crippen molar-refractivity contribution in [1.29, 1.82) is 0 Å². The number of nitrogens with zero attached hydrogens (tertiary/aromatic N) is 1. The number of hydrogen-bond acceptors (Lipinski definition) is 1. The van der Waals surface area contributed by atoms with E-state index >= 15 is 0 Å². The molecule has 0 N–H and O–H groups in total. The zero-order valence-electron chi connectivity index (χ0n) is 31.7. The van der Waals surface area contributed by atoms with Gasteiger partial charge in [-0.2, -0.15) is 0 Å². The van der Waals surface area contributed by atoms with Crippen LogP contribution in [0.2, 0.25) is 0 Å². The van der Waals surface area contributed by atoms with Gasteiger partial charge in [0.25, 0.3) is 0 Å². The topological polar surface area (TPSA) is 3.24 Å². The quantitative estimate of drug-likeness (QED) is 0.159. The van der Waals surface area contributed by atoms with E-state index in [1.165, 1.54) is 77.5 Å². The van der Waals surface area contributed by atoms with Crippen LogP contribution >= 0.6 is 0 Å². The van der Waals surface area contributed by atoms with Crippen LogP contribution in [-0.2, 0) is 5.41 Å². The highest BCUT2D eigenvalue weighted by Crippen LogP contribution is 2.50. The van der Waals surface area contributed by atoms with Crippen molar-refractivity contribution in [1.82, 2.24) is 0 Å². The van der Waals surface area contributed by atoms with Crippen molar-refractivity contribution < 1.29 is 0 Å². The summed E-state index contributed by atoms with van der Waals surface area (Å²) in [5.74, 6) is 0. The molecule has 0 amide bonds. The van der Waals surface area contributed by atoms with Crippen LogP contribution in [0.4, 0.5) is 17.1 Å². The van der Waals surface area contributed by atoms with Gasteiger partial charge in [-0.25, -0.2) is 0 Å². The van der Waals surface area contributed by atoms with Gasteiger partial charge < -0.3 is 4.90 Å². The first-order valence-electron chi connectivity index (χ1n) is 19.5. The van der Waals surface area contributed by atoms with Crippen LogP contribution in [0.3, 0.4) is 0 Å². The average Bonchev–Trinajstić information content (AvgIpc) is 3.50. The molecule has 0 heterocycles. The first kappa shape index (κ1) is 33.6. The van der Waals surface area contributed by atoms with Crippen molar-refractivity contribution in [3.8, 4) is 55.6 Å². The van der Waals surface area contributed by atoms with E-state index in [1.807, 2.05) is 0 Å². The molecule has 266 valence electrons. The van der Waals surface area contributed by atoms with Crippen LogP contribution < -0.4 is 4.90 Å². The van der Waals surface area contributed by atoms with Gasteiger partial charge in [-0.1, -0.05) is 184 Å². The maximum absolute atomic E-state index is 2.41. The lowest BCUT2D eigenvalue weighted by Crippen LogP contribution is -2.14. The van der Waals surface area contributed by atoms with Gasteiger partial charge in [-0.3, -0.25) is 0 Å². The Morgan fingerprint density at radius 2 is 0.821 bits per heavy atom. The molecule has 9 aromatic rings. The normalized spacial score (nSPS) is 12.6. The highest BCUT2D eigenvalue weighted by Gasteiger charge is 2.35. The van der Waals surface area contributed by atoms with E-state index in [-0.39, 0.29) is 5.41 Å². The summed E-state index contributed by atoms with van der Waals surface area (Å²) in [4.78, 5) is 2.40. The Hall–Kier alpha value is -6.96. The Morgan fingerprint density at radius 1 is 0.321 bits per heavy atom. The Balaban J connectivity index is 1.07. The molecule has 0 aliphatic heterocycles. The predicted octanol–water partition coefficient (Wildman–Crippen LogP) is 15.3. The molecule has 0 atom stereocenters. The molecule has 56 heavy (non-hydrogen) atoms. The number of benzene rings is 9. The van der Waals surface area contributed by atoms with E-state index in [0.29, 0.717) is 0 Å². The summed E-state index contributed by atoms with van der Waals surface area (Å²) >= 11 is 0. The summed E-state index contributed by atoms with van der Waals surface area (Å²) in [7, 11) is 0. The summed E-state index contributed by atoms with van der Waals surface area (Å²) in [6.07, 6.45) is 0. The monoisotopic (exact) mass is 715 g/mol. The number of rotatable bonds is 7. The molecule has 0 bridgehead atoms. The van der Waals surface area contributed by atoms with Gasteiger partial charge in [0.2, 0.25) is 0 Å². The van der Waals surface area contributed by atoms with Gasteiger partial charge in [0.05, 0.1) is 5.69 Å². The largest absolute Gasteiger partial charge is 0.310 e. The minimum absolute atomic E-state index is 0.0424. The minimum Gasteiger partial charge on any atom is -0.310 e. The molecule has 0 saturated carbocycles. The fourth-order valence-corrected chi connectivity index (χ4v) is 8.79. The summed E-state index contributed by atoms with van der Waals surface area (Å²) in [6, 6.07) is 77.6. The standard InChI is InChI=1S/C55H41N/c1-55(2)52-24-10-8-22-50(52)51-35-30-42(37-53(51)55)40-28-33-46(34-29-40)56(45-31-26-39(27-32-45)38-14-4-3-5-15-38)54-25-11-9-21-49(54)44-19-12-18-43(36-44)48-23-13-17-41-16-6-7-20-47(41)48/h3-37H,1-2H3. The summed E-state index contributed by atoms with van der Waals surface area (Å²) < 4.78 is 0. The maximum atomic E-state index is 2.41. The van der Waals surface area contributed by atoms with E-state index in [2.05, 4.69) is 231 Å². The zero-order chi connectivity index (χ0) is 37.6. The Morgan fingerprint density at radius 3 is 1.59 bits per heavy atom. The Labute approximate surface area is 329 Å². The lowest BCUT2D eigenvalue weighted by molar-refractivity contribution is 0.660. The van der Waals surface area contributed by atoms with Gasteiger partial charge in [-0.15, -0.1) is 0 Å². The molecule has 0 spiro atoms. The molecule has 1 aliphatic rings. The molecule has 0 fully saturated rings. The lowest BCUT2D eigenvalue weighted by Gasteiger charge is -2.28. The fraction of sp³-hybridized carbons (Fsp3) is 0.0545. The third kappa shape index (κ3) is 5.81. The van der Waals surface area contributed by atoms with Crippen LogP contribution in [0.1, 0.15) is 25.0 Å². The van der Waals surface area contributed by atoms with E-state index < -0.39 is 0 Å². The van der Waals surface area contributed by atoms with Crippen LogP contribution in [0, 0.1) is 0 Å². The third-order valence-electron chi connectivity index (χ3n) is 11.7. The van der Waals surface area contributed by atoms with E-state index in [9.17, 15) is 0 Å². The van der Waals surface area contributed by atoms with E-state index in [1.54, 1.807) is 0 Å². The van der Waals surface area contributed by atoms with Crippen LogP contribution in [0.15, 0.2) is 212 Å². The highest BCUT2D eigenvalue weighted by atomic mass is 15.1. The van der Waals surface area contributed by atoms with Crippen molar-refractivity contribution in [2.75, 3.05) is 4.90 Å². The lowest BCUT2D eigenvalue weighted by atomic mass is 9.81. The van der Waals surface area contributed by atoms with E-state index in [0.717, 1.165) is 17.1 Å². The van der Waals surface area contributed by atoms with Crippen molar-refractivity contribution in [3.63, 3.8) is 0 Å². The van der Waals surface area contributed by atoms with Crippen LogP contribution in [-0.4, -0.2) is 0 Å². The number of fused-ring (bicyclic) bond motifs is 4. The van der Waals surface area contributed by atoms with Crippen molar-refractivity contribution >= 4 is 27.8 Å². The SMILES string of the molecule is CC1(C)c2ccccc2-c2ccc(-c3ccc(N(c4ccc(-c5ccccc5)cc4)c4ccccc4-c4cccc(-c5cccc6ccccc56)c4)cc3)cc21. The number of anilines is 3. The maximum Gasteiger partial charge on any atom is 0.0540 e. The van der Waals surface area contributed by atoms with Gasteiger partial charge >= 0.3 is 0 Å². The second kappa shape index (κ2) is 13.7. The molecule has 0 radical (unpaired) electrons. The highest BCUT2D eigenvalue weighted by molar-refractivity contribution is 5.98. The van der Waals surface area contributed by atoms with Gasteiger partial charge in [0.15, 0.2) is 0 Å². The van der Waals surface area contributed by atoms with Crippen LogP contribution in [0.5, 0.6) is 0 Å². The molecular formula is C55H41N. The fourth-order valence-electron chi connectivity index (χ4n) is 8.79. The molecule has 1 nitrogen and oxygen atoms in total.